The van der Waals surface area contributed by atoms with Crippen LogP contribution >= 0.6 is 11.3 Å². The van der Waals surface area contributed by atoms with Crippen molar-refractivity contribution in [1.29, 1.82) is 0 Å². The van der Waals surface area contributed by atoms with Crippen LogP contribution in [0.1, 0.15) is 58.9 Å². The zero-order valence-electron chi connectivity index (χ0n) is 17.0. The largest absolute Gasteiger partial charge is 0.493 e. The molecule has 1 saturated heterocycles. The maximum Gasteiger partial charge on any atom is 0.355 e. The normalized spacial score (nSPS) is 27.8. The van der Waals surface area contributed by atoms with Crippen LogP contribution in [-0.2, 0) is 4.74 Å². The number of aliphatic hydroxyl groups excluding tert-OH is 1. The van der Waals surface area contributed by atoms with Gasteiger partial charge in [0.15, 0.2) is 5.69 Å². The van der Waals surface area contributed by atoms with Gasteiger partial charge in [0.05, 0.1) is 18.8 Å². The molecule has 2 aliphatic rings. The summed E-state index contributed by atoms with van der Waals surface area (Å²) in [5.74, 6) is 5.96. The van der Waals surface area contributed by atoms with Crippen LogP contribution < -0.4 is 4.74 Å². The van der Waals surface area contributed by atoms with E-state index in [-0.39, 0.29) is 29.7 Å². The fourth-order valence-corrected chi connectivity index (χ4v) is 5.29. The Morgan fingerprint density at radius 1 is 1.40 bits per heavy atom. The Hall–Kier alpha value is -2.40. The SMILES string of the molecule is CC#Cc1cc(OC[C@@H]2[C@H]3CC[C@H](c4nc(C(=O)O)cs4)O[C@H]3C[C@@H]2O)ccc1C. The van der Waals surface area contributed by atoms with Crippen LogP contribution in [0.15, 0.2) is 23.6 Å². The second-order valence-electron chi connectivity index (χ2n) is 7.91. The maximum absolute atomic E-state index is 11.1. The number of ether oxygens (including phenoxy) is 2. The number of benzene rings is 1. The van der Waals surface area contributed by atoms with E-state index in [1.54, 1.807) is 5.38 Å². The molecule has 6 nitrogen and oxygen atoms in total. The highest BCUT2D eigenvalue weighted by atomic mass is 32.1. The van der Waals surface area contributed by atoms with E-state index in [1.807, 2.05) is 32.0 Å². The van der Waals surface area contributed by atoms with Crippen molar-refractivity contribution in [3.63, 3.8) is 0 Å². The first-order chi connectivity index (χ1) is 14.5. The third-order valence-electron chi connectivity index (χ3n) is 6.02. The van der Waals surface area contributed by atoms with Crippen LogP contribution in [0, 0.1) is 30.6 Å². The molecule has 1 aromatic carbocycles. The van der Waals surface area contributed by atoms with Gasteiger partial charge < -0.3 is 19.7 Å². The smallest absolute Gasteiger partial charge is 0.355 e. The van der Waals surface area contributed by atoms with Crippen molar-refractivity contribution in [1.82, 2.24) is 4.98 Å². The lowest BCUT2D eigenvalue weighted by atomic mass is 9.87. The Morgan fingerprint density at radius 3 is 2.97 bits per heavy atom. The summed E-state index contributed by atoms with van der Waals surface area (Å²) >= 11 is 1.32. The van der Waals surface area contributed by atoms with E-state index >= 15 is 0 Å². The van der Waals surface area contributed by atoms with Crippen molar-refractivity contribution in [2.24, 2.45) is 11.8 Å². The molecule has 0 bridgehead atoms. The second-order valence-corrected chi connectivity index (χ2v) is 8.80. The molecule has 2 heterocycles. The summed E-state index contributed by atoms with van der Waals surface area (Å²) in [5, 5.41) is 22.0. The molecule has 0 spiro atoms. The van der Waals surface area contributed by atoms with E-state index in [4.69, 9.17) is 14.6 Å². The summed E-state index contributed by atoms with van der Waals surface area (Å²) in [6.45, 7) is 4.26. The van der Waals surface area contributed by atoms with Crippen molar-refractivity contribution in [2.75, 3.05) is 6.61 Å². The van der Waals surface area contributed by atoms with Crippen molar-refractivity contribution >= 4 is 17.3 Å². The minimum atomic E-state index is -1.02. The Kier molecular flexibility index (Phi) is 6.09. The number of aliphatic hydroxyl groups is 1. The molecule has 1 aliphatic carbocycles. The lowest BCUT2D eigenvalue weighted by Crippen LogP contribution is -2.33. The number of hydrogen-bond donors (Lipinski definition) is 2. The summed E-state index contributed by atoms with van der Waals surface area (Å²) in [6.07, 6.45) is 1.46. The van der Waals surface area contributed by atoms with E-state index in [9.17, 15) is 9.90 Å². The highest BCUT2D eigenvalue weighted by Crippen LogP contribution is 2.46. The van der Waals surface area contributed by atoms with Crippen molar-refractivity contribution in [3.05, 3.63) is 45.4 Å². The number of carboxylic acid groups (broad SMARTS) is 1. The number of aromatic nitrogens is 1. The molecule has 30 heavy (non-hydrogen) atoms. The predicted octanol–water partition coefficient (Wildman–Crippen LogP) is 3.82. The van der Waals surface area contributed by atoms with E-state index in [0.717, 1.165) is 29.7 Å². The fraction of sp³-hybridized carbons (Fsp3) is 0.478. The van der Waals surface area contributed by atoms with Gasteiger partial charge in [0.1, 0.15) is 16.9 Å². The van der Waals surface area contributed by atoms with Gasteiger partial charge in [-0.05, 0) is 50.3 Å². The van der Waals surface area contributed by atoms with Crippen molar-refractivity contribution in [3.8, 4) is 17.6 Å². The maximum atomic E-state index is 11.1. The Balaban J connectivity index is 1.39. The van der Waals surface area contributed by atoms with Gasteiger partial charge in [-0.2, -0.15) is 0 Å². The second kappa shape index (κ2) is 8.76. The van der Waals surface area contributed by atoms with Crippen LogP contribution in [0.5, 0.6) is 5.75 Å². The predicted molar refractivity (Wildman–Crippen MR) is 113 cm³/mol. The molecule has 2 fully saturated rings. The number of rotatable bonds is 5. The quantitative estimate of drug-likeness (QED) is 0.706. The summed E-state index contributed by atoms with van der Waals surface area (Å²) in [4.78, 5) is 15.3. The minimum absolute atomic E-state index is 0.00355. The molecular formula is C23H25NO5S. The average Bonchev–Trinajstić information content (AvgIpc) is 3.33. The molecule has 5 atom stereocenters. The number of nitrogens with zero attached hydrogens (tertiary/aromatic N) is 1. The van der Waals surface area contributed by atoms with Crippen molar-refractivity contribution < 1.29 is 24.5 Å². The molecule has 2 aromatic rings. The summed E-state index contributed by atoms with van der Waals surface area (Å²) in [7, 11) is 0. The molecule has 1 saturated carbocycles. The number of aromatic carboxylic acids is 1. The standard InChI is InChI=1S/C23H25NO5S/c1-3-4-14-9-15(6-5-13(14)2)28-11-17-16-7-8-20(29-21(16)10-19(17)25)22-24-18(12-30-22)23(26)27/h5-6,9,12,16-17,19-21,25H,7-8,10-11H2,1-2H3,(H,26,27)/t16-,17-,19+,20-,21+/m1/s1. The number of aryl methyl sites for hydroxylation is 1. The van der Waals surface area contributed by atoms with E-state index in [2.05, 4.69) is 16.8 Å². The number of fused-ring (bicyclic) bond motifs is 1. The first kappa shape index (κ1) is 20.9. The zero-order chi connectivity index (χ0) is 21.3. The molecule has 0 amide bonds. The molecule has 7 heteroatoms. The highest BCUT2D eigenvalue weighted by Gasteiger charge is 2.47. The number of carboxylic acids is 1. The lowest BCUT2D eigenvalue weighted by Gasteiger charge is -2.33. The third kappa shape index (κ3) is 4.22. The molecule has 2 N–H and O–H groups in total. The van der Waals surface area contributed by atoms with Gasteiger partial charge in [-0.1, -0.05) is 12.0 Å². The van der Waals surface area contributed by atoms with Gasteiger partial charge in [0, 0.05) is 23.3 Å². The first-order valence-electron chi connectivity index (χ1n) is 10.1. The lowest BCUT2D eigenvalue weighted by molar-refractivity contribution is -0.0811. The topological polar surface area (TPSA) is 88.9 Å². The van der Waals surface area contributed by atoms with Gasteiger partial charge in [0.2, 0.25) is 0 Å². The van der Waals surface area contributed by atoms with Crippen LogP contribution in [0.2, 0.25) is 0 Å². The van der Waals surface area contributed by atoms with Crippen LogP contribution in [0.25, 0.3) is 0 Å². The molecule has 1 aliphatic heterocycles. The Morgan fingerprint density at radius 2 is 2.23 bits per heavy atom. The Bertz CT molecular complexity index is 991. The van der Waals surface area contributed by atoms with E-state index < -0.39 is 12.1 Å². The van der Waals surface area contributed by atoms with Crippen LogP contribution in [-0.4, -0.2) is 40.0 Å². The van der Waals surface area contributed by atoms with Crippen molar-refractivity contribution in [2.45, 2.75) is 51.4 Å². The molecule has 4 rings (SSSR count). The fourth-order valence-electron chi connectivity index (χ4n) is 4.43. The number of carbonyl (C=O) groups is 1. The molecule has 158 valence electrons. The van der Waals surface area contributed by atoms with Gasteiger partial charge in [-0.15, -0.1) is 17.3 Å². The highest BCUT2D eigenvalue weighted by molar-refractivity contribution is 7.09. The summed E-state index contributed by atoms with van der Waals surface area (Å²) < 4.78 is 12.3. The number of thiazole rings is 1. The average molecular weight is 428 g/mol. The minimum Gasteiger partial charge on any atom is -0.493 e. The van der Waals surface area contributed by atoms with Gasteiger partial charge in [-0.3, -0.25) is 0 Å². The van der Waals surface area contributed by atoms with E-state index in [1.165, 1.54) is 11.3 Å². The molecule has 0 radical (unpaired) electrons. The molecular weight excluding hydrogens is 402 g/mol. The van der Waals surface area contributed by atoms with Gasteiger partial charge in [0.25, 0.3) is 0 Å². The van der Waals surface area contributed by atoms with E-state index in [0.29, 0.717) is 18.0 Å². The van der Waals surface area contributed by atoms with Gasteiger partial charge >= 0.3 is 5.97 Å². The molecule has 1 aromatic heterocycles. The summed E-state index contributed by atoms with van der Waals surface area (Å²) in [6, 6.07) is 5.88. The van der Waals surface area contributed by atoms with Gasteiger partial charge in [-0.25, -0.2) is 9.78 Å². The van der Waals surface area contributed by atoms with Crippen LogP contribution in [0.4, 0.5) is 0 Å². The third-order valence-corrected chi connectivity index (χ3v) is 6.96. The first-order valence-corrected chi connectivity index (χ1v) is 11.0. The Labute approximate surface area is 179 Å². The zero-order valence-corrected chi connectivity index (χ0v) is 17.8. The molecule has 0 unspecified atom stereocenters. The summed E-state index contributed by atoms with van der Waals surface area (Å²) in [5.41, 5.74) is 2.12. The monoisotopic (exact) mass is 427 g/mol. The van der Waals surface area contributed by atoms with Crippen LogP contribution in [0.3, 0.4) is 0 Å². The number of hydrogen-bond acceptors (Lipinski definition) is 6.